The van der Waals surface area contributed by atoms with Gasteiger partial charge in [-0.25, -0.2) is 0 Å². The summed E-state index contributed by atoms with van der Waals surface area (Å²) in [6, 6.07) is 0. The van der Waals surface area contributed by atoms with Crippen LogP contribution in [0.5, 0.6) is 0 Å². The lowest BCUT2D eigenvalue weighted by Crippen LogP contribution is -1.94. The van der Waals surface area contributed by atoms with Crippen molar-refractivity contribution in [3.63, 3.8) is 0 Å². The van der Waals surface area contributed by atoms with Crippen LogP contribution in [0.15, 0.2) is 36.1 Å². The predicted molar refractivity (Wildman–Crippen MR) is 56.1 cm³/mol. The second kappa shape index (κ2) is 8.71. The fourth-order valence-electron chi connectivity index (χ4n) is 0.534. The first-order valence-electron chi connectivity index (χ1n) is 4.23. The fourth-order valence-corrected chi connectivity index (χ4v) is 0.534. The van der Waals surface area contributed by atoms with E-state index in [0.29, 0.717) is 0 Å². The minimum absolute atomic E-state index is 0.0994. The molecule has 0 atom stereocenters. The van der Waals surface area contributed by atoms with E-state index in [1.165, 1.54) is 12.2 Å². The third-order valence-corrected chi connectivity index (χ3v) is 1.20. The average Bonchev–Trinajstić information content (AvgIpc) is 2.16. The van der Waals surface area contributed by atoms with Gasteiger partial charge in [0, 0.05) is 6.08 Å². The molecule has 0 N–H and O–H groups in total. The Morgan fingerprint density at radius 2 is 1.92 bits per heavy atom. The third kappa shape index (κ3) is 7.00. The van der Waals surface area contributed by atoms with Gasteiger partial charge in [-0.05, 0) is 25.5 Å². The predicted octanol–water partition coefficient (Wildman–Crippen LogP) is 3.33. The van der Waals surface area contributed by atoms with Gasteiger partial charge in [-0.3, -0.25) is 10.1 Å². The van der Waals surface area contributed by atoms with Crippen LogP contribution in [0.2, 0.25) is 0 Å². The van der Waals surface area contributed by atoms with E-state index in [9.17, 15) is 10.1 Å². The summed E-state index contributed by atoms with van der Waals surface area (Å²) in [5.41, 5.74) is 0.886. The molecule has 0 rings (SSSR count). The zero-order valence-electron chi connectivity index (χ0n) is 8.70. The molecule has 0 aliphatic heterocycles. The Bertz CT molecular complexity index is 227. The van der Waals surface area contributed by atoms with Crippen LogP contribution in [0, 0.1) is 10.1 Å². The number of allylic oxidation sites excluding steroid dienone is 4. The molecule has 0 aliphatic carbocycles. The molecule has 0 amide bonds. The second-order valence-electron chi connectivity index (χ2n) is 2.06. The van der Waals surface area contributed by atoms with Crippen LogP contribution in [0.4, 0.5) is 0 Å². The highest BCUT2D eigenvalue weighted by molar-refractivity contribution is 5.22. The summed E-state index contributed by atoms with van der Waals surface area (Å²) in [7, 11) is 0. The van der Waals surface area contributed by atoms with E-state index in [4.69, 9.17) is 0 Å². The minimum Gasteiger partial charge on any atom is -0.258 e. The number of hydrogen-bond acceptors (Lipinski definition) is 2. The molecule has 0 spiro atoms. The summed E-state index contributed by atoms with van der Waals surface area (Å²) in [5.74, 6) is 0. The molecule has 3 heteroatoms. The van der Waals surface area contributed by atoms with Crippen molar-refractivity contribution in [3.8, 4) is 0 Å². The van der Waals surface area contributed by atoms with Gasteiger partial charge in [0.25, 0.3) is 5.70 Å². The van der Waals surface area contributed by atoms with Gasteiger partial charge in [-0.15, -0.1) is 0 Å². The van der Waals surface area contributed by atoms with Crippen LogP contribution in [0.25, 0.3) is 0 Å². The van der Waals surface area contributed by atoms with Crippen molar-refractivity contribution in [1.29, 1.82) is 0 Å². The van der Waals surface area contributed by atoms with E-state index < -0.39 is 4.92 Å². The summed E-state index contributed by atoms with van der Waals surface area (Å²) in [5, 5.41) is 10.2. The largest absolute Gasteiger partial charge is 0.265 e. The molecule has 0 heterocycles. The fraction of sp³-hybridized carbons (Fsp3) is 0.400. The van der Waals surface area contributed by atoms with E-state index >= 15 is 0 Å². The van der Waals surface area contributed by atoms with Crippen LogP contribution in [-0.4, -0.2) is 4.92 Å². The van der Waals surface area contributed by atoms with Gasteiger partial charge >= 0.3 is 0 Å². The molecular weight excluding hydrogens is 166 g/mol. The lowest BCUT2D eigenvalue weighted by Gasteiger charge is -1.90. The molecule has 0 unspecified atom stereocenters. The normalized spacial score (nSPS) is 11.4. The van der Waals surface area contributed by atoms with E-state index in [-0.39, 0.29) is 5.70 Å². The molecule has 0 bridgehead atoms. The van der Waals surface area contributed by atoms with Crippen LogP contribution < -0.4 is 0 Å². The average molecular weight is 183 g/mol. The van der Waals surface area contributed by atoms with Crippen molar-refractivity contribution < 1.29 is 4.92 Å². The standard InChI is InChI=1S/C8H11NO2.C2H6/c1-4-7(3)6-8(5-2)9(10)11;1-2/h4-6H,1H2,2-3H3;1-2H3/b7-6-,8-5+;. The second-order valence-corrected chi connectivity index (χ2v) is 2.06. The number of nitrogens with zero attached hydrogens (tertiary/aromatic N) is 1. The van der Waals surface area contributed by atoms with Gasteiger partial charge in [-0.2, -0.15) is 0 Å². The number of hydrogen-bond donors (Lipinski definition) is 0. The van der Waals surface area contributed by atoms with Crippen LogP contribution in [-0.2, 0) is 0 Å². The van der Waals surface area contributed by atoms with E-state index in [0.717, 1.165) is 5.57 Å². The van der Waals surface area contributed by atoms with Crippen LogP contribution in [0.3, 0.4) is 0 Å². The Hall–Kier alpha value is -1.38. The van der Waals surface area contributed by atoms with Gasteiger partial charge in [0.05, 0.1) is 4.92 Å². The Balaban J connectivity index is 0. The minimum atomic E-state index is -0.424. The van der Waals surface area contributed by atoms with Gasteiger partial charge < -0.3 is 0 Å². The molecule has 74 valence electrons. The highest BCUT2D eigenvalue weighted by atomic mass is 16.6. The van der Waals surface area contributed by atoms with Crippen molar-refractivity contribution in [2.75, 3.05) is 0 Å². The molecule has 0 radical (unpaired) electrons. The topological polar surface area (TPSA) is 43.1 Å². The summed E-state index contributed by atoms with van der Waals surface area (Å²) in [6.45, 7) is 10.9. The van der Waals surface area contributed by atoms with E-state index in [1.807, 2.05) is 13.8 Å². The first-order valence-corrected chi connectivity index (χ1v) is 4.23. The van der Waals surface area contributed by atoms with Crippen LogP contribution in [0.1, 0.15) is 27.7 Å². The van der Waals surface area contributed by atoms with Gasteiger partial charge in [0.1, 0.15) is 0 Å². The molecule has 3 nitrogen and oxygen atoms in total. The number of nitro groups is 1. The number of rotatable bonds is 3. The van der Waals surface area contributed by atoms with E-state index in [1.54, 1.807) is 19.9 Å². The monoisotopic (exact) mass is 183 g/mol. The van der Waals surface area contributed by atoms with Crippen molar-refractivity contribution in [1.82, 2.24) is 0 Å². The maximum atomic E-state index is 10.2. The zero-order chi connectivity index (χ0) is 10.9. The Morgan fingerprint density at radius 1 is 1.46 bits per heavy atom. The van der Waals surface area contributed by atoms with Crippen molar-refractivity contribution in [2.24, 2.45) is 0 Å². The van der Waals surface area contributed by atoms with E-state index in [2.05, 4.69) is 6.58 Å². The van der Waals surface area contributed by atoms with Crippen molar-refractivity contribution in [3.05, 3.63) is 46.2 Å². The zero-order valence-corrected chi connectivity index (χ0v) is 8.70. The molecule has 13 heavy (non-hydrogen) atoms. The first kappa shape index (κ1) is 14.2. The molecule has 0 aliphatic rings. The Labute approximate surface area is 79.6 Å². The highest BCUT2D eigenvalue weighted by Crippen LogP contribution is 2.03. The summed E-state index contributed by atoms with van der Waals surface area (Å²) < 4.78 is 0. The third-order valence-electron chi connectivity index (χ3n) is 1.20. The van der Waals surface area contributed by atoms with Crippen molar-refractivity contribution in [2.45, 2.75) is 27.7 Å². The van der Waals surface area contributed by atoms with Crippen molar-refractivity contribution >= 4 is 0 Å². The Kier molecular flexibility index (Phi) is 9.49. The maximum absolute atomic E-state index is 10.2. The SMILES string of the molecule is C=C/C(C)=C\C(=C/C)[N+](=O)[O-].CC. The van der Waals surface area contributed by atoms with Crippen LogP contribution >= 0.6 is 0 Å². The summed E-state index contributed by atoms with van der Waals surface area (Å²) in [6.07, 6.45) is 4.51. The maximum Gasteiger partial charge on any atom is 0.265 e. The molecular formula is C10H17NO2. The lowest BCUT2D eigenvalue weighted by molar-refractivity contribution is -0.419. The summed E-state index contributed by atoms with van der Waals surface area (Å²) in [4.78, 5) is 9.82. The van der Waals surface area contributed by atoms with Gasteiger partial charge in [0.2, 0.25) is 0 Å². The molecule has 0 saturated carbocycles. The lowest BCUT2D eigenvalue weighted by atomic mass is 10.2. The highest BCUT2D eigenvalue weighted by Gasteiger charge is 2.02. The summed E-state index contributed by atoms with van der Waals surface area (Å²) >= 11 is 0. The molecule has 0 fully saturated rings. The smallest absolute Gasteiger partial charge is 0.258 e. The quantitative estimate of drug-likeness (QED) is 0.382. The first-order chi connectivity index (χ1) is 6.11. The van der Waals surface area contributed by atoms with Gasteiger partial charge in [-0.1, -0.05) is 26.5 Å². The van der Waals surface area contributed by atoms with Gasteiger partial charge in [0.15, 0.2) is 0 Å². The molecule has 0 aromatic rings. The Morgan fingerprint density at radius 3 is 2.15 bits per heavy atom. The molecule has 0 saturated heterocycles. The molecule has 0 aromatic carbocycles. The molecule has 0 aromatic heterocycles.